The summed E-state index contributed by atoms with van der Waals surface area (Å²) in [6.45, 7) is 7.33. The molecule has 2 aromatic rings. The highest BCUT2D eigenvalue weighted by atomic mass is 19.1. The maximum absolute atomic E-state index is 13.0. The highest BCUT2D eigenvalue weighted by Gasteiger charge is 2.15. The summed E-state index contributed by atoms with van der Waals surface area (Å²) in [5.41, 5.74) is 4.15. The Morgan fingerprint density at radius 2 is 1.76 bits per heavy atom. The molecule has 0 aliphatic carbocycles. The highest BCUT2D eigenvalue weighted by Crippen LogP contribution is 2.23. The van der Waals surface area contributed by atoms with E-state index in [0.717, 1.165) is 23.4 Å². The average Bonchev–Trinajstić information content (AvgIpc) is 2.45. The van der Waals surface area contributed by atoms with Gasteiger partial charge in [0, 0.05) is 18.8 Å². The summed E-state index contributed by atoms with van der Waals surface area (Å²) in [6.07, 6.45) is -0.560. The summed E-state index contributed by atoms with van der Waals surface area (Å²) < 4.78 is 13.0. The zero-order chi connectivity index (χ0) is 15.4. The molecule has 0 radical (unpaired) electrons. The molecule has 0 aliphatic heterocycles. The van der Waals surface area contributed by atoms with Crippen LogP contribution in [0.2, 0.25) is 0 Å². The van der Waals surface area contributed by atoms with Gasteiger partial charge in [-0.1, -0.05) is 23.8 Å². The number of hydrogen-bond donors (Lipinski definition) is 1. The number of likely N-dealkylation sites (N-methyl/N-ethyl adjacent to an activating group) is 1. The van der Waals surface area contributed by atoms with Gasteiger partial charge in [-0.05, 0) is 56.2 Å². The molecule has 0 amide bonds. The van der Waals surface area contributed by atoms with Crippen LogP contribution in [0.4, 0.5) is 10.1 Å². The van der Waals surface area contributed by atoms with Crippen molar-refractivity contribution in [1.29, 1.82) is 0 Å². The third-order valence-electron chi connectivity index (χ3n) is 3.75. The standard InChI is InChI=1S/C18H22FNO/c1-4-20(16-8-6-15(19)7-9-16)12-18(21)17-10-5-13(2)11-14(17)3/h5-11,18,21H,4,12H2,1-3H3. The van der Waals surface area contributed by atoms with Crippen LogP contribution < -0.4 is 4.90 Å². The zero-order valence-corrected chi connectivity index (χ0v) is 12.8. The summed E-state index contributed by atoms with van der Waals surface area (Å²) in [5.74, 6) is -0.246. The van der Waals surface area contributed by atoms with E-state index in [0.29, 0.717) is 6.54 Å². The van der Waals surface area contributed by atoms with Crippen LogP contribution >= 0.6 is 0 Å². The first kappa shape index (κ1) is 15.5. The molecule has 0 spiro atoms. The van der Waals surface area contributed by atoms with Gasteiger partial charge in [0.15, 0.2) is 0 Å². The minimum absolute atomic E-state index is 0.246. The van der Waals surface area contributed by atoms with Crippen LogP contribution in [-0.4, -0.2) is 18.2 Å². The Morgan fingerprint density at radius 3 is 2.33 bits per heavy atom. The molecule has 112 valence electrons. The second-order valence-corrected chi connectivity index (χ2v) is 5.39. The average molecular weight is 287 g/mol. The van der Waals surface area contributed by atoms with E-state index in [9.17, 15) is 9.50 Å². The number of rotatable bonds is 5. The fourth-order valence-electron chi connectivity index (χ4n) is 2.58. The second-order valence-electron chi connectivity index (χ2n) is 5.39. The summed E-state index contributed by atoms with van der Waals surface area (Å²) >= 11 is 0. The minimum Gasteiger partial charge on any atom is -0.387 e. The molecule has 0 heterocycles. The van der Waals surface area contributed by atoms with Gasteiger partial charge in [0.1, 0.15) is 5.82 Å². The molecule has 3 heteroatoms. The second kappa shape index (κ2) is 6.72. The lowest BCUT2D eigenvalue weighted by molar-refractivity contribution is 0.183. The Kier molecular flexibility index (Phi) is 4.97. The Morgan fingerprint density at radius 1 is 1.10 bits per heavy atom. The maximum Gasteiger partial charge on any atom is 0.123 e. The number of hydrogen-bond acceptors (Lipinski definition) is 2. The molecule has 0 aliphatic rings. The van der Waals surface area contributed by atoms with Gasteiger partial charge >= 0.3 is 0 Å². The van der Waals surface area contributed by atoms with Crippen molar-refractivity contribution in [1.82, 2.24) is 0 Å². The van der Waals surface area contributed by atoms with Gasteiger partial charge in [0.25, 0.3) is 0 Å². The van der Waals surface area contributed by atoms with E-state index in [2.05, 4.69) is 6.07 Å². The maximum atomic E-state index is 13.0. The smallest absolute Gasteiger partial charge is 0.123 e. The molecule has 0 saturated carbocycles. The molecule has 1 atom stereocenters. The Hall–Kier alpha value is -1.87. The molecule has 21 heavy (non-hydrogen) atoms. The molecule has 1 unspecified atom stereocenters. The van der Waals surface area contributed by atoms with Gasteiger partial charge < -0.3 is 10.0 Å². The van der Waals surface area contributed by atoms with Gasteiger partial charge in [-0.15, -0.1) is 0 Å². The molecule has 1 N–H and O–H groups in total. The van der Waals surface area contributed by atoms with Crippen LogP contribution in [-0.2, 0) is 0 Å². The molecule has 0 fully saturated rings. The number of nitrogens with zero attached hydrogens (tertiary/aromatic N) is 1. The normalized spacial score (nSPS) is 12.2. The Bertz CT molecular complexity index is 595. The third kappa shape index (κ3) is 3.82. The predicted octanol–water partition coefficient (Wildman–Crippen LogP) is 4.00. The van der Waals surface area contributed by atoms with E-state index in [1.807, 2.05) is 37.8 Å². The number of halogens is 1. The van der Waals surface area contributed by atoms with E-state index >= 15 is 0 Å². The van der Waals surface area contributed by atoms with Crippen molar-refractivity contribution in [2.24, 2.45) is 0 Å². The summed E-state index contributed by atoms with van der Waals surface area (Å²) in [7, 11) is 0. The monoisotopic (exact) mass is 287 g/mol. The fourth-order valence-corrected chi connectivity index (χ4v) is 2.58. The van der Waals surface area contributed by atoms with Gasteiger partial charge in [0.05, 0.1) is 6.10 Å². The lowest BCUT2D eigenvalue weighted by atomic mass is 10.0. The molecular weight excluding hydrogens is 265 g/mol. The van der Waals surface area contributed by atoms with E-state index in [1.54, 1.807) is 12.1 Å². The van der Waals surface area contributed by atoms with Gasteiger partial charge in [0.2, 0.25) is 0 Å². The van der Waals surface area contributed by atoms with Crippen molar-refractivity contribution in [2.75, 3.05) is 18.0 Å². The zero-order valence-electron chi connectivity index (χ0n) is 12.8. The van der Waals surface area contributed by atoms with Crippen LogP contribution in [0.25, 0.3) is 0 Å². The first-order chi connectivity index (χ1) is 10.0. The van der Waals surface area contributed by atoms with Crippen LogP contribution in [0.5, 0.6) is 0 Å². The van der Waals surface area contributed by atoms with E-state index in [1.165, 1.54) is 17.7 Å². The summed E-state index contributed by atoms with van der Waals surface area (Å²) in [4.78, 5) is 2.05. The number of aliphatic hydroxyl groups excluding tert-OH is 1. The topological polar surface area (TPSA) is 23.5 Å². The largest absolute Gasteiger partial charge is 0.387 e. The molecule has 2 aromatic carbocycles. The van der Waals surface area contributed by atoms with Gasteiger partial charge in [-0.2, -0.15) is 0 Å². The SMILES string of the molecule is CCN(CC(O)c1ccc(C)cc1C)c1ccc(F)cc1. The number of anilines is 1. The highest BCUT2D eigenvalue weighted by molar-refractivity contribution is 5.46. The molecule has 0 bridgehead atoms. The van der Waals surface area contributed by atoms with E-state index in [-0.39, 0.29) is 5.82 Å². The minimum atomic E-state index is -0.560. The van der Waals surface area contributed by atoms with E-state index < -0.39 is 6.10 Å². The van der Waals surface area contributed by atoms with Crippen molar-refractivity contribution in [3.63, 3.8) is 0 Å². The van der Waals surface area contributed by atoms with Gasteiger partial charge in [-0.3, -0.25) is 0 Å². The van der Waals surface area contributed by atoms with Crippen molar-refractivity contribution in [3.05, 3.63) is 65.0 Å². The summed E-state index contributed by atoms with van der Waals surface area (Å²) in [6, 6.07) is 12.4. The van der Waals surface area contributed by atoms with Crippen molar-refractivity contribution >= 4 is 5.69 Å². The number of benzene rings is 2. The first-order valence-electron chi connectivity index (χ1n) is 7.27. The lowest BCUT2D eigenvalue weighted by Crippen LogP contribution is -2.28. The lowest BCUT2D eigenvalue weighted by Gasteiger charge is -2.27. The van der Waals surface area contributed by atoms with Crippen LogP contribution in [0.3, 0.4) is 0 Å². The Balaban J connectivity index is 2.15. The van der Waals surface area contributed by atoms with Crippen molar-refractivity contribution in [2.45, 2.75) is 26.9 Å². The van der Waals surface area contributed by atoms with E-state index in [4.69, 9.17) is 0 Å². The quantitative estimate of drug-likeness (QED) is 0.898. The fraction of sp³-hybridized carbons (Fsp3) is 0.333. The predicted molar refractivity (Wildman–Crippen MR) is 85.2 cm³/mol. The first-order valence-corrected chi connectivity index (χ1v) is 7.27. The third-order valence-corrected chi connectivity index (χ3v) is 3.75. The molecular formula is C18H22FNO. The molecule has 0 saturated heterocycles. The number of aryl methyl sites for hydroxylation is 2. The van der Waals surface area contributed by atoms with Gasteiger partial charge in [-0.25, -0.2) is 4.39 Å². The van der Waals surface area contributed by atoms with Crippen molar-refractivity contribution in [3.8, 4) is 0 Å². The van der Waals surface area contributed by atoms with Crippen molar-refractivity contribution < 1.29 is 9.50 Å². The van der Waals surface area contributed by atoms with Crippen LogP contribution in [0.15, 0.2) is 42.5 Å². The van der Waals surface area contributed by atoms with Crippen LogP contribution in [0, 0.1) is 19.7 Å². The van der Waals surface area contributed by atoms with Crippen LogP contribution in [0.1, 0.15) is 29.7 Å². The summed E-state index contributed by atoms with van der Waals surface area (Å²) in [5, 5.41) is 10.5. The molecule has 0 aromatic heterocycles. The number of aliphatic hydroxyl groups is 1. The molecule has 2 nitrogen and oxygen atoms in total. The Labute approximate surface area is 125 Å². The molecule has 2 rings (SSSR count).